The number of aromatic nitrogens is 4. The molecule has 2 heterocycles. The Balaban J connectivity index is 0.000000248. The van der Waals surface area contributed by atoms with E-state index in [1.54, 1.807) is 63.7 Å². The summed E-state index contributed by atoms with van der Waals surface area (Å²) in [5.41, 5.74) is 0.451. The van der Waals surface area contributed by atoms with Gasteiger partial charge in [0.2, 0.25) is 0 Å². The summed E-state index contributed by atoms with van der Waals surface area (Å²) >= 11 is 6.07. The Kier molecular flexibility index (Phi) is 16.0. The molecule has 0 saturated carbocycles. The van der Waals surface area contributed by atoms with Crippen LogP contribution in [-0.4, -0.2) is 69.3 Å². The molecule has 0 atom stereocenters. The average Bonchev–Trinajstić information content (AvgIpc) is 3.62. The van der Waals surface area contributed by atoms with Gasteiger partial charge in [0.25, 0.3) is 20.2 Å². The Bertz CT molecular complexity index is 2160. The van der Waals surface area contributed by atoms with Crippen molar-refractivity contribution in [2.75, 3.05) is 0 Å². The SMILES string of the molecule is Cn1nccc1-c1ccc(S(=O)(=O)O)c(F)c1.Cn1nccc1[B]OC(C)(C)C(C)(C)O.Fc1cccc(Br)c1.O=S(=O)(O)c1ccc(Br)cc1F. The molecule has 3 aromatic carbocycles. The van der Waals surface area contributed by atoms with Crippen molar-refractivity contribution in [3.8, 4) is 11.3 Å². The van der Waals surface area contributed by atoms with E-state index in [1.165, 1.54) is 28.9 Å². The molecule has 0 saturated heterocycles. The number of rotatable bonds is 7. The number of aliphatic hydroxyl groups is 1. The van der Waals surface area contributed by atoms with Crippen molar-refractivity contribution in [2.24, 2.45) is 14.1 Å². The highest BCUT2D eigenvalue weighted by Gasteiger charge is 2.36. The molecule has 2 aromatic heterocycles. The van der Waals surface area contributed by atoms with Crippen LogP contribution < -0.4 is 5.59 Å². The Labute approximate surface area is 317 Å². The molecule has 3 N–H and O–H groups in total. The first-order valence-electron chi connectivity index (χ1n) is 14.6. The molecule has 5 aromatic rings. The van der Waals surface area contributed by atoms with Gasteiger partial charge >= 0.3 is 7.48 Å². The second kappa shape index (κ2) is 18.6. The molecule has 0 aliphatic rings. The standard InChI is InChI=1S/C10H18BN2O2.C10H9FN2O3S.C6H4BrFO3S.C6H4BrF/c1-9(2,14)10(3,4)15-11-8-6-7-12-13(8)5;1-13-9(4-5-12-13)7-2-3-10(8(11)6-7)17(14,15)16;7-4-1-2-6(5(8)3-4)12(9,10)11;7-5-2-1-3-6(8)4-5/h6-7,14H,1-5H3;2-6H,1H3,(H,14,15,16);1-3H,(H,9,10,11);1-4H. The number of hydrogen-bond donors (Lipinski definition) is 3. The van der Waals surface area contributed by atoms with Crippen molar-refractivity contribution in [3.63, 3.8) is 0 Å². The zero-order chi connectivity index (χ0) is 39.7. The number of hydrogen-bond acceptors (Lipinski definition) is 8. The fourth-order valence-corrected chi connectivity index (χ4v) is 5.32. The molecule has 281 valence electrons. The van der Waals surface area contributed by atoms with Gasteiger partial charge in [0.05, 0.1) is 16.9 Å². The summed E-state index contributed by atoms with van der Waals surface area (Å²) in [5.74, 6) is -2.18. The average molecular weight is 895 g/mol. The highest BCUT2D eigenvalue weighted by atomic mass is 79.9. The van der Waals surface area contributed by atoms with Gasteiger partial charge < -0.3 is 9.76 Å². The van der Waals surface area contributed by atoms with Crippen LogP contribution in [0.3, 0.4) is 0 Å². The summed E-state index contributed by atoms with van der Waals surface area (Å²) in [5, 5.41) is 17.8. The zero-order valence-corrected chi connectivity index (χ0v) is 33.3. The van der Waals surface area contributed by atoms with Crippen LogP contribution >= 0.6 is 31.9 Å². The lowest BCUT2D eigenvalue weighted by Gasteiger charge is -2.37. The second-order valence-corrected chi connectivity index (χ2v) is 16.2. The summed E-state index contributed by atoms with van der Waals surface area (Å²) < 4.78 is 108. The second-order valence-electron chi connectivity index (χ2n) is 11.6. The molecule has 5 rings (SSSR count). The quantitative estimate of drug-likeness (QED) is 0.128. The summed E-state index contributed by atoms with van der Waals surface area (Å²) in [6.07, 6.45) is 3.25. The first kappa shape index (κ1) is 44.8. The number of nitrogens with zero attached hydrogens (tertiary/aromatic N) is 4. The Morgan fingerprint density at radius 1 is 0.731 bits per heavy atom. The van der Waals surface area contributed by atoms with Crippen molar-refractivity contribution in [1.82, 2.24) is 19.6 Å². The number of aryl methyl sites for hydroxylation is 2. The van der Waals surface area contributed by atoms with Crippen molar-refractivity contribution in [2.45, 2.75) is 48.7 Å². The highest BCUT2D eigenvalue weighted by Crippen LogP contribution is 2.25. The van der Waals surface area contributed by atoms with Gasteiger partial charge in [-0.1, -0.05) is 44.0 Å². The van der Waals surface area contributed by atoms with E-state index in [0.29, 0.717) is 15.7 Å². The molecule has 0 fully saturated rings. The third-order valence-electron chi connectivity index (χ3n) is 7.09. The molecule has 0 amide bonds. The molecule has 0 spiro atoms. The van der Waals surface area contributed by atoms with Gasteiger partial charge in [-0.2, -0.15) is 27.0 Å². The molecule has 1 radical (unpaired) electrons. The van der Waals surface area contributed by atoms with Gasteiger partial charge in [0.1, 0.15) is 27.2 Å². The van der Waals surface area contributed by atoms with Gasteiger partial charge in [-0.05, 0) is 88.4 Å². The van der Waals surface area contributed by atoms with Gasteiger partial charge in [-0.15, -0.1) is 0 Å². The Hall–Kier alpha value is -3.37. The topological polar surface area (TPSA) is 174 Å². The van der Waals surface area contributed by atoms with E-state index < -0.39 is 52.9 Å². The number of benzene rings is 3. The lowest BCUT2D eigenvalue weighted by atomic mass is 9.85. The minimum atomic E-state index is -4.53. The van der Waals surface area contributed by atoms with Crippen LogP contribution in [0.2, 0.25) is 0 Å². The maximum atomic E-state index is 13.5. The zero-order valence-electron chi connectivity index (χ0n) is 28.5. The molecular weight excluding hydrogens is 860 g/mol. The molecule has 20 heteroatoms. The molecule has 0 unspecified atom stereocenters. The van der Waals surface area contributed by atoms with E-state index in [9.17, 15) is 35.1 Å². The van der Waals surface area contributed by atoms with Crippen LogP contribution in [0.1, 0.15) is 27.7 Å². The van der Waals surface area contributed by atoms with Crippen molar-refractivity contribution in [1.29, 1.82) is 0 Å². The van der Waals surface area contributed by atoms with Gasteiger partial charge in [-0.3, -0.25) is 18.5 Å². The Morgan fingerprint density at radius 3 is 1.65 bits per heavy atom. The monoisotopic (exact) mass is 893 g/mol. The minimum absolute atomic E-state index is 0.209. The third-order valence-corrected chi connectivity index (χ3v) is 9.85. The summed E-state index contributed by atoms with van der Waals surface area (Å²) in [6, 6.07) is 16.5. The van der Waals surface area contributed by atoms with Crippen LogP contribution in [0, 0.1) is 17.5 Å². The van der Waals surface area contributed by atoms with Crippen molar-refractivity contribution >= 4 is 65.2 Å². The van der Waals surface area contributed by atoms with Gasteiger partial charge in [0, 0.05) is 46.6 Å². The molecule has 0 aliphatic carbocycles. The third kappa shape index (κ3) is 13.9. The lowest BCUT2D eigenvalue weighted by molar-refractivity contribution is -0.0894. The molecular formula is C32H35BBr2F3N4O8S2. The molecule has 12 nitrogen and oxygen atoms in total. The summed E-state index contributed by atoms with van der Waals surface area (Å²) in [6.45, 7) is 7.15. The van der Waals surface area contributed by atoms with Gasteiger partial charge in [-0.25, -0.2) is 13.2 Å². The van der Waals surface area contributed by atoms with Crippen LogP contribution in [0.4, 0.5) is 13.2 Å². The minimum Gasteiger partial charge on any atom is -0.425 e. The van der Waals surface area contributed by atoms with E-state index in [1.807, 2.05) is 27.0 Å². The maximum Gasteiger partial charge on any atom is 0.351 e. The summed E-state index contributed by atoms with van der Waals surface area (Å²) in [4.78, 5) is -1.45. The first-order chi connectivity index (χ1) is 23.8. The van der Waals surface area contributed by atoms with Crippen LogP contribution in [0.5, 0.6) is 0 Å². The van der Waals surface area contributed by atoms with E-state index in [-0.39, 0.29) is 5.82 Å². The predicted octanol–water partition coefficient (Wildman–Crippen LogP) is 6.13. The normalized spacial score (nSPS) is 11.7. The predicted molar refractivity (Wildman–Crippen MR) is 196 cm³/mol. The largest absolute Gasteiger partial charge is 0.425 e. The smallest absolute Gasteiger partial charge is 0.351 e. The van der Waals surface area contributed by atoms with E-state index in [2.05, 4.69) is 42.1 Å². The van der Waals surface area contributed by atoms with Crippen molar-refractivity contribution < 1.29 is 48.9 Å². The highest BCUT2D eigenvalue weighted by molar-refractivity contribution is 9.10. The first-order valence-corrected chi connectivity index (χ1v) is 19.1. The Morgan fingerprint density at radius 2 is 1.25 bits per heavy atom. The maximum absolute atomic E-state index is 13.5. The molecule has 0 aliphatic heterocycles. The van der Waals surface area contributed by atoms with Crippen LogP contribution in [-0.2, 0) is 39.0 Å². The van der Waals surface area contributed by atoms with Crippen molar-refractivity contribution in [3.05, 3.63) is 112 Å². The molecule has 0 bridgehead atoms. The summed E-state index contributed by atoms with van der Waals surface area (Å²) in [7, 11) is -3.83. The lowest BCUT2D eigenvalue weighted by Crippen LogP contribution is -2.49. The van der Waals surface area contributed by atoms with E-state index in [4.69, 9.17) is 13.8 Å². The number of halogens is 5. The van der Waals surface area contributed by atoms with Crippen LogP contribution in [0.25, 0.3) is 11.3 Å². The van der Waals surface area contributed by atoms with Crippen LogP contribution in [0.15, 0.2) is 104 Å². The fourth-order valence-electron chi connectivity index (χ4n) is 3.52. The molecule has 52 heavy (non-hydrogen) atoms. The fraction of sp³-hybridized carbons (Fsp3) is 0.250. The van der Waals surface area contributed by atoms with E-state index >= 15 is 0 Å². The van der Waals surface area contributed by atoms with E-state index in [0.717, 1.165) is 34.3 Å². The van der Waals surface area contributed by atoms with Gasteiger partial charge in [0.15, 0.2) is 0 Å².